The molecule has 0 fully saturated rings. The van der Waals surface area contributed by atoms with Crippen molar-refractivity contribution >= 4 is 5.69 Å². The van der Waals surface area contributed by atoms with Crippen LogP contribution in [-0.2, 0) is 6.54 Å². The van der Waals surface area contributed by atoms with E-state index in [9.17, 15) is 10.1 Å². The van der Waals surface area contributed by atoms with Crippen LogP contribution < -0.4 is 10.5 Å². The van der Waals surface area contributed by atoms with E-state index in [0.29, 0.717) is 12.3 Å². The van der Waals surface area contributed by atoms with E-state index >= 15 is 0 Å². The maximum atomic E-state index is 10.5. The van der Waals surface area contributed by atoms with Crippen molar-refractivity contribution in [2.45, 2.75) is 13.5 Å². The van der Waals surface area contributed by atoms with Gasteiger partial charge < -0.3 is 10.5 Å². The van der Waals surface area contributed by atoms with Crippen LogP contribution in [0.1, 0.15) is 11.1 Å². The molecule has 0 saturated heterocycles. The predicted molar refractivity (Wildman–Crippen MR) is 52.3 cm³/mol. The molecular formula is C9H12N2O3. The maximum absolute atomic E-state index is 10.5. The van der Waals surface area contributed by atoms with Crippen LogP contribution in [0.3, 0.4) is 0 Å². The predicted octanol–water partition coefficient (Wildman–Crippen LogP) is 1.37. The van der Waals surface area contributed by atoms with Gasteiger partial charge in [0, 0.05) is 18.2 Å². The molecule has 0 radical (unpaired) electrons. The van der Waals surface area contributed by atoms with E-state index in [1.54, 1.807) is 6.92 Å². The first-order chi connectivity index (χ1) is 6.60. The topological polar surface area (TPSA) is 78.4 Å². The van der Waals surface area contributed by atoms with E-state index in [2.05, 4.69) is 0 Å². The van der Waals surface area contributed by atoms with Gasteiger partial charge in [-0.05, 0) is 12.5 Å². The van der Waals surface area contributed by atoms with E-state index in [1.807, 2.05) is 0 Å². The van der Waals surface area contributed by atoms with Gasteiger partial charge in [-0.15, -0.1) is 0 Å². The zero-order chi connectivity index (χ0) is 10.7. The van der Waals surface area contributed by atoms with Crippen LogP contribution in [0, 0.1) is 17.0 Å². The standard InChI is InChI=1S/C9H12N2O3/c1-6-3-7(11(12)13)4-9(14-2)8(6)5-10/h3-4H,5,10H2,1-2H3. The molecule has 0 aliphatic heterocycles. The molecule has 0 spiro atoms. The summed E-state index contributed by atoms with van der Waals surface area (Å²) in [5, 5.41) is 10.5. The molecule has 0 saturated carbocycles. The molecule has 0 aliphatic rings. The highest BCUT2D eigenvalue weighted by atomic mass is 16.6. The second kappa shape index (κ2) is 4.06. The van der Waals surface area contributed by atoms with Crippen molar-refractivity contribution in [3.63, 3.8) is 0 Å². The van der Waals surface area contributed by atoms with Gasteiger partial charge >= 0.3 is 0 Å². The fourth-order valence-corrected chi connectivity index (χ4v) is 1.32. The highest BCUT2D eigenvalue weighted by molar-refractivity contribution is 5.49. The number of nitrogens with two attached hydrogens (primary N) is 1. The Balaban J connectivity index is 3.31. The van der Waals surface area contributed by atoms with Crippen LogP contribution in [0.25, 0.3) is 0 Å². The van der Waals surface area contributed by atoms with Gasteiger partial charge in [0.2, 0.25) is 0 Å². The van der Waals surface area contributed by atoms with Crippen molar-refractivity contribution in [2.75, 3.05) is 7.11 Å². The second-order valence-electron chi connectivity index (χ2n) is 2.90. The summed E-state index contributed by atoms with van der Waals surface area (Å²) in [7, 11) is 1.47. The molecule has 0 unspecified atom stereocenters. The number of non-ortho nitro benzene ring substituents is 1. The zero-order valence-electron chi connectivity index (χ0n) is 8.11. The molecule has 0 atom stereocenters. The summed E-state index contributed by atoms with van der Waals surface area (Å²) in [5.41, 5.74) is 7.11. The van der Waals surface area contributed by atoms with E-state index in [1.165, 1.54) is 19.2 Å². The summed E-state index contributed by atoms with van der Waals surface area (Å²) in [5.74, 6) is 0.471. The summed E-state index contributed by atoms with van der Waals surface area (Å²) < 4.78 is 5.02. The molecule has 2 N–H and O–H groups in total. The molecule has 0 amide bonds. The number of benzene rings is 1. The molecule has 5 heteroatoms. The Morgan fingerprint density at radius 3 is 2.64 bits per heavy atom. The number of aryl methyl sites for hydroxylation is 1. The average Bonchev–Trinajstić information content (AvgIpc) is 2.16. The number of methoxy groups -OCH3 is 1. The molecule has 5 nitrogen and oxygen atoms in total. The van der Waals surface area contributed by atoms with Crippen LogP contribution in [0.4, 0.5) is 5.69 Å². The first-order valence-corrected chi connectivity index (χ1v) is 4.12. The zero-order valence-corrected chi connectivity index (χ0v) is 8.11. The molecule has 0 aromatic heterocycles. The van der Waals surface area contributed by atoms with Crippen molar-refractivity contribution in [2.24, 2.45) is 5.73 Å². The number of nitrogens with zero attached hydrogens (tertiary/aromatic N) is 1. The lowest BCUT2D eigenvalue weighted by Gasteiger charge is -2.09. The van der Waals surface area contributed by atoms with Gasteiger partial charge in [-0.3, -0.25) is 10.1 Å². The maximum Gasteiger partial charge on any atom is 0.273 e. The Hall–Kier alpha value is -1.62. The Kier molecular flexibility index (Phi) is 3.03. The molecule has 0 bridgehead atoms. The number of rotatable bonds is 3. The molecule has 76 valence electrons. The lowest BCUT2D eigenvalue weighted by Crippen LogP contribution is -2.03. The Morgan fingerprint density at radius 1 is 1.57 bits per heavy atom. The minimum atomic E-state index is -0.449. The van der Waals surface area contributed by atoms with Crippen molar-refractivity contribution in [3.8, 4) is 5.75 Å². The fourth-order valence-electron chi connectivity index (χ4n) is 1.32. The normalized spacial score (nSPS) is 9.93. The number of ether oxygens (including phenoxy) is 1. The molecule has 0 heterocycles. The molecule has 0 aliphatic carbocycles. The van der Waals surface area contributed by atoms with Crippen LogP contribution in [0.2, 0.25) is 0 Å². The highest BCUT2D eigenvalue weighted by Crippen LogP contribution is 2.27. The third-order valence-electron chi connectivity index (χ3n) is 2.05. The lowest BCUT2D eigenvalue weighted by molar-refractivity contribution is -0.385. The first kappa shape index (κ1) is 10.5. The van der Waals surface area contributed by atoms with Gasteiger partial charge in [0.1, 0.15) is 5.75 Å². The van der Waals surface area contributed by atoms with E-state index in [-0.39, 0.29) is 5.69 Å². The minimum Gasteiger partial charge on any atom is -0.496 e. The molecule has 1 aromatic carbocycles. The van der Waals surface area contributed by atoms with Gasteiger partial charge in [-0.25, -0.2) is 0 Å². The van der Waals surface area contributed by atoms with Crippen LogP contribution in [0.5, 0.6) is 5.75 Å². The summed E-state index contributed by atoms with van der Waals surface area (Å²) in [6, 6.07) is 2.87. The molecule has 1 rings (SSSR count). The van der Waals surface area contributed by atoms with E-state index in [4.69, 9.17) is 10.5 Å². The Bertz CT molecular complexity index is 363. The van der Waals surface area contributed by atoms with Gasteiger partial charge in [-0.2, -0.15) is 0 Å². The number of nitro groups is 1. The third kappa shape index (κ3) is 1.82. The van der Waals surface area contributed by atoms with Crippen LogP contribution in [-0.4, -0.2) is 12.0 Å². The third-order valence-corrected chi connectivity index (χ3v) is 2.05. The summed E-state index contributed by atoms with van der Waals surface area (Å²) >= 11 is 0. The van der Waals surface area contributed by atoms with Crippen molar-refractivity contribution in [3.05, 3.63) is 33.4 Å². The summed E-state index contributed by atoms with van der Waals surface area (Å²) in [4.78, 5) is 10.1. The highest BCUT2D eigenvalue weighted by Gasteiger charge is 2.13. The van der Waals surface area contributed by atoms with E-state index in [0.717, 1.165) is 11.1 Å². The van der Waals surface area contributed by atoms with Crippen LogP contribution >= 0.6 is 0 Å². The average molecular weight is 196 g/mol. The van der Waals surface area contributed by atoms with Crippen LogP contribution in [0.15, 0.2) is 12.1 Å². The molecule has 14 heavy (non-hydrogen) atoms. The van der Waals surface area contributed by atoms with Gasteiger partial charge in [0.25, 0.3) is 5.69 Å². The van der Waals surface area contributed by atoms with Gasteiger partial charge in [0.15, 0.2) is 0 Å². The van der Waals surface area contributed by atoms with E-state index < -0.39 is 4.92 Å². The quantitative estimate of drug-likeness (QED) is 0.585. The Morgan fingerprint density at radius 2 is 2.21 bits per heavy atom. The SMILES string of the molecule is COc1cc([N+](=O)[O-])cc(C)c1CN. The first-order valence-electron chi connectivity index (χ1n) is 4.12. The monoisotopic (exact) mass is 196 g/mol. The minimum absolute atomic E-state index is 0.0246. The largest absolute Gasteiger partial charge is 0.496 e. The van der Waals surface area contributed by atoms with Crippen molar-refractivity contribution < 1.29 is 9.66 Å². The van der Waals surface area contributed by atoms with Crippen molar-refractivity contribution in [1.82, 2.24) is 0 Å². The fraction of sp³-hybridized carbons (Fsp3) is 0.333. The lowest BCUT2D eigenvalue weighted by atomic mass is 10.1. The number of hydrogen-bond donors (Lipinski definition) is 1. The smallest absolute Gasteiger partial charge is 0.273 e. The van der Waals surface area contributed by atoms with Crippen molar-refractivity contribution in [1.29, 1.82) is 0 Å². The van der Waals surface area contributed by atoms with Gasteiger partial charge in [-0.1, -0.05) is 0 Å². The number of nitro benzene ring substituents is 1. The second-order valence-corrected chi connectivity index (χ2v) is 2.90. The molecule has 1 aromatic rings. The summed E-state index contributed by atoms with van der Waals surface area (Å²) in [6.45, 7) is 2.09. The molecular weight excluding hydrogens is 184 g/mol. The Labute approximate surface area is 81.6 Å². The number of hydrogen-bond acceptors (Lipinski definition) is 4. The summed E-state index contributed by atoms with van der Waals surface area (Å²) in [6.07, 6.45) is 0. The van der Waals surface area contributed by atoms with Gasteiger partial charge in [0.05, 0.1) is 18.1 Å².